The summed E-state index contributed by atoms with van der Waals surface area (Å²) >= 11 is 6.55. The summed E-state index contributed by atoms with van der Waals surface area (Å²) in [4.78, 5) is 4.35. The molecule has 2 heterocycles. The second kappa shape index (κ2) is 4.37. The highest BCUT2D eigenvalue weighted by atomic mass is 35.5. The largest absolute Gasteiger partial charge is 0.508 e. The zero-order chi connectivity index (χ0) is 14.6. The lowest BCUT2D eigenvalue weighted by atomic mass is 10.0. The predicted octanol–water partition coefficient (Wildman–Crippen LogP) is 4.61. The van der Waals surface area contributed by atoms with Crippen molar-refractivity contribution in [2.75, 3.05) is 0 Å². The summed E-state index contributed by atoms with van der Waals surface area (Å²) in [5.74, 6) is 0.267. The normalized spacial score (nSPS) is 11.7. The fourth-order valence-electron chi connectivity index (χ4n) is 3.04. The van der Waals surface area contributed by atoms with Crippen molar-refractivity contribution < 1.29 is 5.11 Å². The highest BCUT2D eigenvalue weighted by Gasteiger charge is 2.15. The fraction of sp³-hybridized carbons (Fsp3) is 0.118. The number of phenolic OH excluding ortho intramolecular Hbond substituents is 1. The van der Waals surface area contributed by atoms with Crippen molar-refractivity contribution in [1.82, 2.24) is 9.07 Å². The summed E-state index contributed by atoms with van der Waals surface area (Å²) in [7, 11) is 0. The SMILES string of the molecule is CCc1cncc2c3c4ccc(O)cc4ccc3n(Cl)c12. The molecule has 0 spiro atoms. The van der Waals surface area contributed by atoms with Gasteiger partial charge < -0.3 is 5.11 Å². The number of fused-ring (bicyclic) bond motifs is 5. The van der Waals surface area contributed by atoms with Crippen LogP contribution in [-0.4, -0.2) is 14.2 Å². The van der Waals surface area contributed by atoms with Crippen LogP contribution in [0.5, 0.6) is 5.75 Å². The van der Waals surface area contributed by atoms with Crippen molar-refractivity contribution in [2.24, 2.45) is 0 Å². The molecule has 0 aliphatic carbocycles. The van der Waals surface area contributed by atoms with Crippen LogP contribution in [0, 0.1) is 0 Å². The first-order chi connectivity index (χ1) is 10.2. The van der Waals surface area contributed by atoms with E-state index in [2.05, 4.69) is 11.9 Å². The van der Waals surface area contributed by atoms with E-state index in [1.807, 2.05) is 30.6 Å². The molecule has 2 aromatic carbocycles. The Morgan fingerprint density at radius 2 is 2.00 bits per heavy atom. The van der Waals surface area contributed by atoms with E-state index < -0.39 is 0 Å². The number of pyridine rings is 1. The maximum absolute atomic E-state index is 9.66. The van der Waals surface area contributed by atoms with Gasteiger partial charge >= 0.3 is 0 Å². The number of halogens is 1. The summed E-state index contributed by atoms with van der Waals surface area (Å²) in [6.45, 7) is 2.10. The lowest BCUT2D eigenvalue weighted by Gasteiger charge is -2.01. The quantitative estimate of drug-likeness (QED) is 0.557. The first-order valence-corrected chi connectivity index (χ1v) is 7.23. The minimum absolute atomic E-state index is 0.267. The van der Waals surface area contributed by atoms with Crippen LogP contribution < -0.4 is 0 Å². The van der Waals surface area contributed by atoms with Gasteiger partial charge in [0.15, 0.2) is 0 Å². The summed E-state index contributed by atoms with van der Waals surface area (Å²) in [5, 5.41) is 13.9. The van der Waals surface area contributed by atoms with Crippen LogP contribution in [0.4, 0.5) is 0 Å². The molecule has 2 aromatic heterocycles. The van der Waals surface area contributed by atoms with Crippen molar-refractivity contribution >= 4 is 44.4 Å². The Labute approximate surface area is 126 Å². The van der Waals surface area contributed by atoms with Gasteiger partial charge in [-0.3, -0.25) is 9.07 Å². The van der Waals surface area contributed by atoms with Crippen molar-refractivity contribution in [3.8, 4) is 5.75 Å². The van der Waals surface area contributed by atoms with Gasteiger partial charge in [0.05, 0.1) is 11.0 Å². The van der Waals surface area contributed by atoms with E-state index in [1.54, 1.807) is 16.2 Å². The molecule has 0 bridgehead atoms. The molecule has 0 unspecified atom stereocenters. The van der Waals surface area contributed by atoms with Crippen LogP contribution >= 0.6 is 11.8 Å². The van der Waals surface area contributed by atoms with Gasteiger partial charge in [-0.25, -0.2) is 0 Å². The third-order valence-electron chi connectivity index (χ3n) is 4.03. The Kier molecular flexibility index (Phi) is 2.59. The molecule has 4 heteroatoms. The molecule has 0 radical (unpaired) electrons. The minimum Gasteiger partial charge on any atom is -0.508 e. The van der Waals surface area contributed by atoms with Crippen LogP contribution in [0.1, 0.15) is 12.5 Å². The van der Waals surface area contributed by atoms with Crippen LogP contribution in [0.25, 0.3) is 32.6 Å². The average molecular weight is 297 g/mol. The molecule has 4 rings (SSSR count). The van der Waals surface area contributed by atoms with Crippen molar-refractivity contribution in [1.29, 1.82) is 0 Å². The second-order valence-electron chi connectivity index (χ2n) is 5.19. The lowest BCUT2D eigenvalue weighted by Crippen LogP contribution is -1.88. The number of hydrogen-bond donors (Lipinski definition) is 1. The number of aromatic hydroxyl groups is 1. The van der Waals surface area contributed by atoms with Crippen molar-refractivity contribution in [2.45, 2.75) is 13.3 Å². The van der Waals surface area contributed by atoms with E-state index >= 15 is 0 Å². The van der Waals surface area contributed by atoms with Gasteiger partial charge in [0.25, 0.3) is 0 Å². The number of phenols is 1. The molecule has 104 valence electrons. The average Bonchev–Trinajstić information content (AvgIpc) is 2.80. The molecule has 3 nitrogen and oxygen atoms in total. The Hall–Kier alpha value is -2.26. The molecule has 0 amide bonds. The number of aryl methyl sites for hydroxylation is 1. The van der Waals surface area contributed by atoms with Crippen LogP contribution in [0.15, 0.2) is 42.7 Å². The van der Waals surface area contributed by atoms with E-state index in [0.29, 0.717) is 0 Å². The number of aromatic nitrogens is 2. The van der Waals surface area contributed by atoms with E-state index in [9.17, 15) is 5.11 Å². The molecule has 0 fully saturated rings. The third kappa shape index (κ3) is 1.64. The van der Waals surface area contributed by atoms with E-state index in [4.69, 9.17) is 11.8 Å². The zero-order valence-electron chi connectivity index (χ0n) is 11.5. The van der Waals surface area contributed by atoms with Gasteiger partial charge in [-0.15, -0.1) is 0 Å². The first kappa shape index (κ1) is 12.5. The van der Waals surface area contributed by atoms with E-state index in [-0.39, 0.29) is 5.75 Å². The zero-order valence-corrected chi connectivity index (χ0v) is 12.2. The molecule has 0 saturated heterocycles. The molecular weight excluding hydrogens is 284 g/mol. The number of nitrogens with zero attached hydrogens (tertiary/aromatic N) is 2. The van der Waals surface area contributed by atoms with E-state index in [1.165, 1.54) is 0 Å². The summed E-state index contributed by atoms with van der Waals surface area (Å²) in [6, 6.07) is 9.37. The molecule has 0 aliphatic heterocycles. The van der Waals surface area contributed by atoms with Gasteiger partial charge in [0, 0.05) is 34.9 Å². The molecule has 4 aromatic rings. The minimum atomic E-state index is 0.267. The maximum Gasteiger partial charge on any atom is 0.116 e. The third-order valence-corrected chi connectivity index (χ3v) is 4.38. The summed E-state index contributed by atoms with van der Waals surface area (Å²) in [5.41, 5.74) is 3.11. The van der Waals surface area contributed by atoms with Crippen LogP contribution in [0.3, 0.4) is 0 Å². The second-order valence-corrected chi connectivity index (χ2v) is 5.53. The number of benzene rings is 2. The molecular formula is C17H13ClN2O. The first-order valence-electron chi connectivity index (χ1n) is 6.89. The molecule has 1 N–H and O–H groups in total. The Bertz CT molecular complexity index is 1000. The topological polar surface area (TPSA) is 38.1 Å². The number of rotatable bonds is 1. The Morgan fingerprint density at radius 3 is 2.81 bits per heavy atom. The van der Waals surface area contributed by atoms with Crippen LogP contribution in [0.2, 0.25) is 0 Å². The van der Waals surface area contributed by atoms with Crippen molar-refractivity contribution in [3.63, 3.8) is 0 Å². The summed E-state index contributed by atoms with van der Waals surface area (Å²) in [6.07, 6.45) is 4.61. The fourth-order valence-corrected chi connectivity index (χ4v) is 3.38. The van der Waals surface area contributed by atoms with E-state index in [0.717, 1.165) is 44.6 Å². The standard InChI is InChI=1S/C17H13ClN2O/c1-2-10-8-19-9-14-16-13-5-4-12(21)7-11(13)3-6-15(16)20(18)17(10)14/h3-9,21H,2H2,1H3. The molecule has 21 heavy (non-hydrogen) atoms. The summed E-state index contributed by atoms with van der Waals surface area (Å²) < 4.78 is 1.72. The Balaban J connectivity index is 2.31. The van der Waals surface area contributed by atoms with Crippen molar-refractivity contribution in [3.05, 3.63) is 48.3 Å². The highest BCUT2D eigenvalue weighted by molar-refractivity contribution is 6.30. The van der Waals surface area contributed by atoms with Gasteiger partial charge in [0.1, 0.15) is 5.75 Å². The molecule has 0 atom stereocenters. The van der Waals surface area contributed by atoms with Gasteiger partial charge in [0.2, 0.25) is 0 Å². The van der Waals surface area contributed by atoms with Gasteiger partial charge in [-0.2, -0.15) is 0 Å². The molecule has 0 saturated carbocycles. The van der Waals surface area contributed by atoms with Gasteiger partial charge in [-0.1, -0.05) is 19.1 Å². The predicted molar refractivity (Wildman–Crippen MR) is 87.0 cm³/mol. The monoisotopic (exact) mass is 296 g/mol. The molecule has 0 aliphatic rings. The Morgan fingerprint density at radius 1 is 1.14 bits per heavy atom. The van der Waals surface area contributed by atoms with Gasteiger partial charge in [-0.05, 0) is 41.0 Å². The number of hydrogen-bond acceptors (Lipinski definition) is 2. The smallest absolute Gasteiger partial charge is 0.116 e. The lowest BCUT2D eigenvalue weighted by molar-refractivity contribution is 0.476. The maximum atomic E-state index is 9.66. The highest BCUT2D eigenvalue weighted by Crippen LogP contribution is 2.37. The van der Waals surface area contributed by atoms with Crippen LogP contribution in [-0.2, 0) is 6.42 Å².